The van der Waals surface area contributed by atoms with E-state index in [-0.39, 0.29) is 5.82 Å². The summed E-state index contributed by atoms with van der Waals surface area (Å²) in [7, 11) is 0. The summed E-state index contributed by atoms with van der Waals surface area (Å²) < 4.78 is 14.3. The van der Waals surface area contributed by atoms with E-state index in [9.17, 15) is 14.3 Å². The lowest BCUT2D eigenvalue weighted by molar-refractivity contribution is -0.123. The van der Waals surface area contributed by atoms with Crippen LogP contribution in [-0.2, 0) is 4.79 Å². The number of carbonyl (C=O) groups excluding carboxylic acids is 1. The van der Waals surface area contributed by atoms with Crippen molar-refractivity contribution in [1.29, 1.82) is 0 Å². The molecule has 2 heterocycles. The molecule has 2 aliphatic rings. The maximum absolute atomic E-state index is 14.3. The highest BCUT2D eigenvalue weighted by Gasteiger charge is 2.30. The number of nitrogens with one attached hydrogen (secondary N) is 1. The lowest BCUT2D eigenvalue weighted by atomic mass is 10.1. The fourth-order valence-corrected chi connectivity index (χ4v) is 2.98. The molecule has 5 heteroatoms. The van der Waals surface area contributed by atoms with Crippen molar-refractivity contribution in [2.75, 3.05) is 23.3 Å². The van der Waals surface area contributed by atoms with Gasteiger partial charge in [0.1, 0.15) is 5.82 Å². The molecular weight excluding hydrogens is 259 g/mol. The van der Waals surface area contributed by atoms with Crippen LogP contribution >= 0.6 is 0 Å². The fourth-order valence-electron chi connectivity index (χ4n) is 2.98. The Hall–Kier alpha value is -1.62. The Labute approximate surface area is 117 Å². The molecule has 1 aromatic carbocycles. The van der Waals surface area contributed by atoms with E-state index in [0.717, 1.165) is 25.9 Å². The SMILES string of the molecule is O=C1Nc2cc(N3CCCCCCC3)c(F)cc2C1O. The van der Waals surface area contributed by atoms with Crippen molar-refractivity contribution in [2.24, 2.45) is 0 Å². The topological polar surface area (TPSA) is 52.6 Å². The Morgan fingerprint density at radius 2 is 1.80 bits per heavy atom. The lowest BCUT2D eigenvalue weighted by Crippen LogP contribution is -2.27. The highest BCUT2D eigenvalue weighted by atomic mass is 19.1. The minimum Gasteiger partial charge on any atom is -0.378 e. The number of nitrogens with zero attached hydrogens (tertiary/aromatic N) is 1. The number of rotatable bonds is 1. The molecule has 0 aliphatic carbocycles. The van der Waals surface area contributed by atoms with Gasteiger partial charge < -0.3 is 15.3 Å². The molecule has 1 saturated heterocycles. The van der Waals surface area contributed by atoms with Gasteiger partial charge in [-0.1, -0.05) is 19.3 Å². The molecule has 0 radical (unpaired) electrons. The highest BCUT2D eigenvalue weighted by Crippen LogP contribution is 2.36. The first-order valence-corrected chi connectivity index (χ1v) is 7.24. The average molecular weight is 278 g/mol. The smallest absolute Gasteiger partial charge is 0.257 e. The molecule has 0 aromatic heterocycles. The number of fused-ring (bicyclic) bond motifs is 1. The summed E-state index contributed by atoms with van der Waals surface area (Å²) >= 11 is 0. The highest BCUT2D eigenvalue weighted by molar-refractivity contribution is 6.02. The van der Waals surface area contributed by atoms with Crippen molar-refractivity contribution in [1.82, 2.24) is 0 Å². The Morgan fingerprint density at radius 1 is 1.15 bits per heavy atom. The Kier molecular flexibility index (Phi) is 3.61. The molecule has 0 saturated carbocycles. The quantitative estimate of drug-likeness (QED) is 0.830. The van der Waals surface area contributed by atoms with Gasteiger partial charge in [0.15, 0.2) is 6.10 Å². The van der Waals surface area contributed by atoms with Crippen LogP contribution in [-0.4, -0.2) is 24.1 Å². The van der Waals surface area contributed by atoms with Crippen LogP contribution in [0.2, 0.25) is 0 Å². The van der Waals surface area contributed by atoms with Crippen LogP contribution in [0.5, 0.6) is 0 Å². The second-order valence-corrected chi connectivity index (χ2v) is 5.54. The first-order valence-electron chi connectivity index (χ1n) is 7.24. The minimum atomic E-state index is -1.25. The molecule has 1 fully saturated rings. The maximum atomic E-state index is 14.3. The van der Waals surface area contributed by atoms with Crippen LogP contribution in [0.15, 0.2) is 12.1 Å². The molecule has 0 bridgehead atoms. The van der Waals surface area contributed by atoms with Gasteiger partial charge in [-0.3, -0.25) is 4.79 Å². The normalized spacial score (nSPS) is 23.0. The molecule has 1 aromatic rings. The molecule has 0 spiro atoms. The number of carbonyl (C=O) groups is 1. The van der Waals surface area contributed by atoms with Crippen molar-refractivity contribution in [3.63, 3.8) is 0 Å². The lowest BCUT2D eigenvalue weighted by Gasteiger charge is -2.27. The number of hydrogen-bond acceptors (Lipinski definition) is 3. The van der Waals surface area contributed by atoms with E-state index in [1.54, 1.807) is 6.07 Å². The monoisotopic (exact) mass is 278 g/mol. The van der Waals surface area contributed by atoms with Crippen LogP contribution in [0, 0.1) is 5.82 Å². The largest absolute Gasteiger partial charge is 0.378 e. The molecule has 2 N–H and O–H groups in total. The minimum absolute atomic E-state index is 0.336. The van der Waals surface area contributed by atoms with Gasteiger partial charge in [0.25, 0.3) is 5.91 Å². The van der Waals surface area contributed by atoms with E-state index < -0.39 is 12.0 Å². The van der Waals surface area contributed by atoms with Crippen LogP contribution in [0.4, 0.5) is 15.8 Å². The van der Waals surface area contributed by atoms with E-state index >= 15 is 0 Å². The zero-order valence-electron chi connectivity index (χ0n) is 11.4. The number of benzene rings is 1. The first-order chi connectivity index (χ1) is 9.66. The molecule has 3 rings (SSSR count). The zero-order valence-corrected chi connectivity index (χ0v) is 11.4. The van der Waals surface area contributed by atoms with Crippen molar-refractivity contribution in [3.8, 4) is 0 Å². The Morgan fingerprint density at radius 3 is 2.50 bits per heavy atom. The zero-order chi connectivity index (χ0) is 14.1. The van der Waals surface area contributed by atoms with Crippen LogP contribution in [0.25, 0.3) is 0 Å². The van der Waals surface area contributed by atoms with Crippen molar-refractivity contribution >= 4 is 17.3 Å². The first kappa shape index (κ1) is 13.4. The molecule has 1 atom stereocenters. The van der Waals surface area contributed by atoms with Gasteiger partial charge in [0.05, 0.1) is 5.69 Å². The maximum Gasteiger partial charge on any atom is 0.257 e. The number of amides is 1. The summed E-state index contributed by atoms with van der Waals surface area (Å²) in [5.41, 5.74) is 1.39. The van der Waals surface area contributed by atoms with Crippen molar-refractivity contribution in [2.45, 2.75) is 38.2 Å². The van der Waals surface area contributed by atoms with Gasteiger partial charge in [0, 0.05) is 24.3 Å². The predicted molar refractivity (Wildman–Crippen MR) is 75.3 cm³/mol. The predicted octanol–water partition coefficient (Wildman–Crippen LogP) is 2.58. The molecule has 20 heavy (non-hydrogen) atoms. The third-order valence-electron chi connectivity index (χ3n) is 4.12. The molecule has 2 aliphatic heterocycles. The number of anilines is 2. The van der Waals surface area contributed by atoms with Gasteiger partial charge in [-0.05, 0) is 25.0 Å². The summed E-state index contributed by atoms with van der Waals surface area (Å²) in [6.45, 7) is 1.68. The van der Waals surface area contributed by atoms with Gasteiger partial charge in [-0.25, -0.2) is 4.39 Å². The fraction of sp³-hybridized carbons (Fsp3) is 0.533. The van der Waals surface area contributed by atoms with E-state index in [2.05, 4.69) is 5.32 Å². The molecule has 4 nitrogen and oxygen atoms in total. The number of hydrogen-bond donors (Lipinski definition) is 2. The van der Waals surface area contributed by atoms with Crippen LogP contribution < -0.4 is 10.2 Å². The molecule has 1 amide bonds. The van der Waals surface area contributed by atoms with Gasteiger partial charge in [0.2, 0.25) is 0 Å². The van der Waals surface area contributed by atoms with Gasteiger partial charge in [-0.15, -0.1) is 0 Å². The Balaban J connectivity index is 1.90. The number of aliphatic hydroxyl groups is 1. The van der Waals surface area contributed by atoms with Gasteiger partial charge >= 0.3 is 0 Å². The summed E-state index contributed by atoms with van der Waals surface area (Å²) in [6.07, 6.45) is 4.48. The molecule has 108 valence electrons. The molecular formula is C15H19FN2O2. The van der Waals surface area contributed by atoms with E-state index in [4.69, 9.17) is 0 Å². The van der Waals surface area contributed by atoms with Crippen LogP contribution in [0.1, 0.15) is 43.8 Å². The van der Waals surface area contributed by atoms with Crippen LogP contribution in [0.3, 0.4) is 0 Å². The van der Waals surface area contributed by atoms with E-state index in [1.807, 2.05) is 4.90 Å². The summed E-state index contributed by atoms with van der Waals surface area (Å²) in [6, 6.07) is 2.94. The third kappa shape index (κ3) is 2.38. The summed E-state index contributed by atoms with van der Waals surface area (Å²) in [5, 5.41) is 12.3. The van der Waals surface area contributed by atoms with Gasteiger partial charge in [-0.2, -0.15) is 0 Å². The summed E-state index contributed by atoms with van der Waals surface area (Å²) in [5.74, 6) is -0.843. The second kappa shape index (κ2) is 5.40. The average Bonchev–Trinajstić information content (AvgIpc) is 2.65. The second-order valence-electron chi connectivity index (χ2n) is 5.54. The van der Waals surface area contributed by atoms with Crippen molar-refractivity contribution < 1.29 is 14.3 Å². The molecule has 1 unspecified atom stereocenters. The van der Waals surface area contributed by atoms with E-state index in [1.165, 1.54) is 25.3 Å². The van der Waals surface area contributed by atoms with E-state index in [0.29, 0.717) is 16.9 Å². The standard InChI is InChI=1S/C15H19FN2O2/c16-11-8-10-12(17-15(20)14(10)19)9-13(11)18-6-4-2-1-3-5-7-18/h8-9,14,19H,1-7H2,(H,17,20). The summed E-state index contributed by atoms with van der Waals surface area (Å²) in [4.78, 5) is 13.5. The third-order valence-corrected chi connectivity index (χ3v) is 4.12. The Bertz CT molecular complexity index is 525. The number of aliphatic hydroxyl groups excluding tert-OH is 1. The van der Waals surface area contributed by atoms with Crippen molar-refractivity contribution in [3.05, 3.63) is 23.5 Å². The number of halogens is 1.